The van der Waals surface area contributed by atoms with Crippen LogP contribution in [0, 0.1) is 0 Å². The lowest BCUT2D eigenvalue weighted by atomic mass is 10.1. The number of carbonyl (C=O) groups excluding carboxylic acids is 1. The maximum atomic E-state index is 11.9. The molecule has 0 radical (unpaired) electrons. The van der Waals surface area contributed by atoms with Crippen molar-refractivity contribution in [2.24, 2.45) is 0 Å². The Balaban J connectivity index is 1.95. The number of para-hydroxylation sites is 4. The zero-order valence-electron chi connectivity index (χ0n) is 13.6. The second-order valence-corrected chi connectivity index (χ2v) is 5.64. The summed E-state index contributed by atoms with van der Waals surface area (Å²) in [5, 5.41) is 0. The normalized spacial score (nSPS) is 12.0. The third kappa shape index (κ3) is 2.46. The minimum atomic E-state index is -0.406. The largest absolute Gasteiger partial charge is 0.465 e. The summed E-state index contributed by atoms with van der Waals surface area (Å²) in [7, 11) is 1.36. The van der Waals surface area contributed by atoms with E-state index in [1.807, 2.05) is 53.4 Å². The topological polar surface area (TPSA) is 64.8 Å². The number of hydrogen-bond donors (Lipinski definition) is 1. The number of methoxy groups -OCH3 is 1. The Morgan fingerprint density at radius 1 is 0.920 bits per heavy atom. The number of nitrogen functional groups attached to an aromatic ring is 1. The molecule has 0 aromatic heterocycles. The van der Waals surface area contributed by atoms with Gasteiger partial charge in [-0.3, -0.25) is 0 Å². The molecular formula is C20H16N2O3. The van der Waals surface area contributed by atoms with Gasteiger partial charge in [0.05, 0.1) is 35.4 Å². The predicted octanol–water partition coefficient (Wildman–Crippen LogP) is 4.63. The van der Waals surface area contributed by atoms with E-state index in [9.17, 15) is 4.79 Å². The van der Waals surface area contributed by atoms with Crippen LogP contribution in [0.25, 0.3) is 0 Å². The van der Waals surface area contributed by atoms with Gasteiger partial charge in [-0.1, -0.05) is 24.3 Å². The Kier molecular flexibility index (Phi) is 3.54. The fraction of sp³-hybridized carbons (Fsp3) is 0.0500. The minimum absolute atomic E-state index is 0.406. The van der Waals surface area contributed by atoms with Crippen LogP contribution in [0.15, 0.2) is 66.7 Å². The van der Waals surface area contributed by atoms with Crippen molar-refractivity contribution in [1.82, 2.24) is 0 Å². The van der Waals surface area contributed by atoms with Gasteiger partial charge in [-0.05, 0) is 42.5 Å². The monoisotopic (exact) mass is 332 g/mol. The van der Waals surface area contributed by atoms with E-state index < -0.39 is 5.97 Å². The molecule has 0 aliphatic carbocycles. The van der Waals surface area contributed by atoms with Crippen LogP contribution in [0.3, 0.4) is 0 Å². The van der Waals surface area contributed by atoms with Crippen molar-refractivity contribution in [2.45, 2.75) is 0 Å². The van der Waals surface area contributed by atoms with Gasteiger partial charge in [-0.15, -0.1) is 0 Å². The number of fused-ring (bicyclic) bond motifs is 2. The lowest BCUT2D eigenvalue weighted by Gasteiger charge is -2.33. The van der Waals surface area contributed by atoms with Crippen LogP contribution in [0.5, 0.6) is 11.5 Å². The van der Waals surface area contributed by atoms with E-state index in [-0.39, 0.29) is 0 Å². The third-order valence-corrected chi connectivity index (χ3v) is 4.12. The van der Waals surface area contributed by atoms with Crippen LogP contribution in [0.4, 0.5) is 22.7 Å². The van der Waals surface area contributed by atoms with Gasteiger partial charge in [0.1, 0.15) is 0 Å². The van der Waals surface area contributed by atoms with Crippen molar-refractivity contribution in [1.29, 1.82) is 0 Å². The van der Waals surface area contributed by atoms with Gasteiger partial charge in [-0.2, -0.15) is 0 Å². The van der Waals surface area contributed by atoms with Gasteiger partial charge in [0.25, 0.3) is 0 Å². The number of rotatable bonds is 2. The van der Waals surface area contributed by atoms with E-state index in [1.54, 1.807) is 18.2 Å². The third-order valence-electron chi connectivity index (χ3n) is 4.12. The molecule has 1 aliphatic rings. The summed E-state index contributed by atoms with van der Waals surface area (Å²) >= 11 is 0. The van der Waals surface area contributed by atoms with Crippen LogP contribution >= 0.6 is 0 Å². The molecule has 0 spiro atoms. The molecule has 0 atom stereocenters. The first-order valence-electron chi connectivity index (χ1n) is 7.83. The number of ether oxygens (including phenoxy) is 2. The Bertz CT molecular complexity index is 923. The lowest BCUT2D eigenvalue weighted by Crippen LogP contribution is -2.17. The summed E-state index contributed by atoms with van der Waals surface area (Å²) in [5.74, 6) is 1.05. The maximum Gasteiger partial charge on any atom is 0.337 e. The molecule has 1 aliphatic heterocycles. The van der Waals surface area contributed by atoms with Crippen molar-refractivity contribution in [3.05, 3.63) is 72.3 Å². The van der Waals surface area contributed by atoms with Crippen molar-refractivity contribution >= 4 is 28.7 Å². The first-order chi connectivity index (χ1) is 12.2. The quantitative estimate of drug-likeness (QED) is 0.428. The van der Waals surface area contributed by atoms with Crippen molar-refractivity contribution in [2.75, 3.05) is 17.7 Å². The maximum absolute atomic E-state index is 11.9. The molecule has 1 heterocycles. The first-order valence-corrected chi connectivity index (χ1v) is 7.83. The van der Waals surface area contributed by atoms with Gasteiger partial charge in [0.2, 0.25) is 0 Å². The highest BCUT2D eigenvalue weighted by molar-refractivity contribution is 5.96. The summed E-state index contributed by atoms with van der Waals surface area (Å²) in [6, 6.07) is 20.5. The summed E-state index contributed by atoms with van der Waals surface area (Å²) in [6.45, 7) is 0. The molecule has 0 saturated heterocycles. The van der Waals surface area contributed by atoms with E-state index in [0.29, 0.717) is 16.9 Å². The second-order valence-electron chi connectivity index (χ2n) is 5.64. The number of nitrogens with zero attached hydrogens (tertiary/aromatic N) is 1. The molecule has 124 valence electrons. The Labute approximate surface area is 145 Å². The molecule has 5 nitrogen and oxygen atoms in total. The standard InChI is InChI=1S/C20H16N2O3/c1-24-20(23)13-10-11-14(21)17(12-13)22-15-6-2-4-8-18(15)25-19-9-5-3-7-16(19)22/h2-12H,21H2,1H3. The summed E-state index contributed by atoms with van der Waals surface area (Å²) in [4.78, 5) is 13.9. The summed E-state index contributed by atoms with van der Waals surface area (Å²) in [6.07, 6.45) is 0. The van der Waals surface area contributed by atoms with Gasteiger partial charge < -0.3 is 20.1 Å². The van der Waals surface area contributed by atoms with Gasteiger partial charge in [-0.25, -0.2) is 4.79 Å². The van der Waals surface area contributed by atoms with Crippen molar-refractivity contribution < 1.29 is 14.3 Å². The number of nitrogens with two attached hydrogens (primary N) is 1. The highest BCUT2D eigenvalue weighted by atomic mass is 16.5. The minimum Gasteiger partial charge on any atom is -0.465 e. The molecule has 2 N–H and O–H groups in total. The zero-order valence-corrected chi connectivity index (χ0v) is 13.6. The van der Waals surface area contributed by atoms with Crippen LogP contribution < -0.4 is 15.4 Å². The summed E-state index contributed by atoms with van der Waals surface area (Å²) < 4.78 is 10.8. The predicted molar refractivity (Wildman–Crippen MR) is 97.0 cm³/mol. The SMILES string of the molecule is COC(=O)c1ccc(N)c(N2c3ccccc3Oc3ccccc32)c1. The molecule has 5 heteroatoms. The first kappa shape index (κ1) is 15.1. The van der Waals surface area contributed by atoms with E-state index in [4.69, 9.17) is 15.2 Å². The van der Waals surface area contributed by atoms with Crippen LogP contribution in [0.2, 0.25) is 0 Å². The van der Waals surface area contributed by atoms with Crippen LogP contribution in [-0.4, -0.2) is 13.1 Å². The van der Waals surface area contributed by atoms with Crippen molar-refractivity contribution in [3.8, 4) is 11.5 Å². The Morgan fingerprint density at radius 3 is 2.12 bits per heavy atom. The number of anilines is 4. The molecule has 0 fully saturated rings. The number of benzene rings is 3. The highest BCUT2D eigenvalue weighted by Crippen LogP contribution is 2.51. The molecule has 0 unspecified atom stereocenters. The smallest absolute Gasteiger partial charge is 0.337 e. The molecule has 3 aromatic carbocycles. The van der Waals surface area contributed by atoms with E-state index >= 15 is 0 Å². The highest BCUT2D eigenvalue weighted by Gasteiger charge is 2.27. The van der Waals surface area contributed by atoms with Gasteiger partial charge in [0, 0.05) is 0 Å². The second kappa shape index (κ2) is 5.87. The Morgan fingerprint density at radius 2 is 1.52 bits per heavy atom. The zero-order chi connectivity index (χ0) is 17.4. The Hall–Kier alpha value is -3.47. The summed E-state index contributed by atoms with van der Waals surface area (Å²) in [5.41, 5.74) is 9.65. The average molecular weight is 332 g/mol. The van der Waals surface area contributed by atoms with Crippen molar-refractivity contribution in [3.63, 3.8) is 0 Å². The average Bonchev–Trinajstić information content (AvgIpc) is 2.66. The number of hydrogen-bond acceptors (Lipinski definition) is 5. The number of carbonyl (C=O) groups is 1. The van der Waals surface area contributed by atoms with E-state index in [2.05, 4.69) is 0 Å². The molecular weight excluding hydrogens is 316 g/mol. The lowest BCUT2D eigenvalue weighted by molar-refractivity contribution is 0.0601. The molecule has 4 rings (SSSR count). The van der Waals surface area contributed by atoms with E-state index in [0.717, 1.165) is 22.9 Å². The fourth-order valence-corrected chi connectivity index (χ4v) is 2.95. The molecule has 0 bridgehead atoms. The van der Waals surface area contributed by atoms with E-state index in [1.165, 1.54) is 7.11 Å². The number of esters is 1. The van der Waals surface area contributed by atoms with Gasteiger partial charge >= 0.3 is 5.97 Å². The molecule has 3 aromatic rings. The molecule has 0 saturated carbocycles. The molecule has 25 heavy (non-hydrogen) atoms. The van der Waals surface area contributed by atoms with Gasteiger partial charge in [0.15, 0.2) is 11.5 Å². The van der Waals surface area contributed by atoms with Crippen LogP contribution in [-0.2, 0) is 4.74 Å². The van der Waals surface area contributed by atoms with Crippen LogP contribution in [0.1, 0.15) is 10.4 Å². The fourth-order valence-electron chi connectivity index (χ4n) is 2.95. The molecule has 0 amide bonds.